The van der Waals surface area contributed by atoms with Gasteiger partial charge in [-0.15, -0.1) is 0 Å². The minimum atomic E-state index is -0.521. The lowest BCUT2D eigenvalue weighted by atomic mass is 10.1. The summed E-state index contributed by atoms with van der Waals surface area (Å²) in [6.45, 7) is 1.95. The number of amides is 1. The number of carbonyl (C=O) groups excluding carboxylic acids is 1. The Hall–Kier alpha value is -1.49. The van der Waals surface area contributed by atoms with Crippen molar-refractivity contribution in [2.45, 2.75) is 13.3 Å². The maximum atomic E-state index is 11.3. The van der Waals surface area contributed by atoms with Crippen LogP contribution in [0.1, 0.15) is 22.8 Å². The monoisotopic (exact) mass is 212 g/mol. The van der Waals surface area contributed by atoms with Gasteiger partial charge in [-0.2, -0.15) is 5.53 Å². The second-order valence-electron chi connectivity index (χ2n) is 2.59. The first-order valence-corrected chi connectivity index (χ1v) is 4.38. The fraction of sp³-hybridized carbons (Fsp3) is 0.250. The van der Waals surface area contributed by atoms with Gasteiger partial charge in [0, 0.05) is 6.20 Å². The highest BCUT2D eigenvalue weighted by atomic mass is 35.5. The van der Waals surface area contributed by atoms with E-state index in [0.29, 0.717) is 0 Å². The lowest BCUT2D eigenvalue weighted by molar-refractivity contribution is 0.0950. The van der Waals surface area contributed by atoms with Gasteiger partial charge < -0.3 is 0 Å². The van der Waals surface area contributed by atoms with Gasteiger partial charge >= 0.3 is 0 Å². The Balaban J connectivity index is 3.05. The molecule has 5 nitrogen and oxygen atoms in total. The summed E-state index contributed by atoms with van der Waals surface area (Å²) >= 11 is 5.71. The van der Waals surface area contributed by atoms with E-state index in [2.05, 4.69) is 10.2 Å². The molecule has 2 N–H and O–H groups in total. The highest BCUT2D eigenvalue weighted by molar-refractivity contribution is 6.32. The average molecular weight is 213 g/mol. The van der Waals surface area contributed by atoms with Crippen molar-refractivity contribution >= 4 is 17.5 Å². The summed E-state index contributed by atoms with van der Waals surface area (Å²) < 4.78 is 0. The first-order valence-electron chi connectivity index (χ1n) is 4.00. The summed E-state index contributed by atoms with van der Waals surface area (Å²) in [4.78, 5) is 15.1. The second kappa shape index (κ2) is 4.66. The summed E-state index contributed by atoms with van der Waals surface area (Å²) in [7, 11) is 0. The van der Waals surface area contributed by atoms with E-state index in [1.807, 2.05) is 12.3 Å². The molecule has 0 bridgehead atoms. The summed E-state index contributed by atoms with van der Waals surface area (Å²) in [5, 5.41) is 2.89. The first kappa shape index (κ1) is 10.6. The largest absolute Gasteiger partial charge is 0.275 e. The zero-order chi connectivity index (χ0) is 10.6. The van der Waals surface area contributed by atoms with Crippen molar-refractivity contribution in [3.63, 3.8) is 0 Å². The third-order valence-electron chi connectivity index (χ3n) is 1.71. The summed E-state index contributed by atoms with van der Waals surface area (Å²) in [5.41, 5.74) is 9.61. The van der Waals surface area contributed by atoms with Gasteiger partial charge in [0.2, 0.25) is 0 Å². The molecule has 0 unspecified atom stereocenters. The predicted molar refractivity (Wildman–Crippen MR) is 51.2 cm³/mol. The topological polar surface area (TPSA) is 78.2 Å². The van der Waals surface area contributed by atoms with Crippen LogP contribution in [0.15, 0.2) is 17.5 Å². The Morgan fingerprint density at radius 1 is 1.79 bits per heavy atom. The molecule has 1 amide bonds. The number of halogens is 1. The molecule has 14 heavy (non-hydrogen) atoms. The van der Waals surface area contributed by atoms with E-state index in [-0.39, 0.29) is 10.7 Å². The second-order valence-corrected chi connectivity index (χ2v) is 2.95. The molecule has 0 fully saturated rings. The van der Waals surface area contributed by atoms with Crippen molar-refractivity contribution in [3.05, 3.63) is 28.5 Å². The van der Waals surface area contributed by atoms with Gasteiger partial charge in [-0.05, 0) is 18.1 Å². The minimum Gasteiger partial charge on any atom is -0.267 e. The molecule has 0 aromatic carbocycles. The number of carbonyl (C=O) groups is 1. The molecule has 1 heterocycles. The van der Waals surface area contributed by atoms with E-state index in [9.17, 15) is 4.79 Å². The molecule has 0 spiro atoms. The molecule has 6 heteroatoms. The maximum absolute atomic E-state index is 11.3. The van der Waals surface area contributed by atoms with Crippen LogP contribution in [0, 0.1) is 5.53 Å². The Morgan fingerprint density at radius 3 is 3.07 bits per heavy atom. The van der Waals surface area contributed by atoms with Crippen molar-refractivity contribution in [2.75, 3.05) is 0 Å². The molecule has 0 aliphatic heterocycles. The van der Waals surface area contributed by atoms with E-state index in [1.165, 1.54) is 0 Å². The zero-order valence-electron chi connectivity index (χ0n) is 7.54. The minimum absolute atomic E-state index is 0.114. The standard InChI is InChI=1S/C8H9ClN4O/c1-2-5-3-6(7(9)11-4-5)8(14)12-13-10/h3-4H,2H2,1H3,(H2,10,12,14). The Bertz CT molecular complexity index is 366. The van der Waals surface area contributed by atoms with Gasteiger partial charge in [0.25, 0.3) is 5.91 Å². The summed E-state index contributed by atoms with van der Waals surface area (Å²) in [6.07, 6.45) is 2.37. The first-order chi connectivity index (χ1) is 6.69. The van der Waals surface area contributed by atoms with Crippen LogP contribution in [0.5, 0.6) is 0 Å². The van der Waals surface area contributed by atoms with Crippen LogP contribution in [0.25, 0.3) is 0 Å². The molecule has 74 valence electrons. The van der Waals surface area contributed by atoms with E-state index in [4.69, 9.17) is 17.1 Å². The van der Waals surface area contributed by atoms with Crippen molar-refractivity contribution < 1.29 is 4.79 Å². The number of hydrogen-bond acceptors (Lipinski definition) is 4. The number of pyridine rings is 1. The summed E-state index contributed by atoms with van der Waals surface area (Å²) in [5.74, 6) is -0.521. The number of aromatic nitrogens is 1. The van der Waals surface area contributed by atoms with Crippen LogP contribution in [0.2, 0.25) is 5.15 Å². The van der Waals surface area contributed by atoms with Gasteiger partial charge in [-0.25, -0.2) is 10.4 Å². The van der Waals surface area contributed by atoms with E-state index >= 15 is 0 Å². The molecule has 1 aromatic rings. The molecule has 1 rings (SSSR count). The highest BCUT2D eigenvalue weighted by Gasteiger charge is 2.11. The van der Waals surface area contributed by atoms with Crippen molar-refractivity contribution in [3.8, 4) is 0 Å². The van der Waals surface area contributed by atoms with Crippen LogP contribution in [0.4, 0.5) is 0 Å². The van der Waals surface area contributed by atoms with Gasteiger partial charge in [0.1, 0.15) is 5.15 Å². The van der Waals surface area contributed by atoms with E-state index in [1.54, 1.807) is 12.3 Å². The fourth-order valence-electron chi connectivity index (χ4n) is 0.955. The molecule has 0 atom stereocenters. The Labute approximate surface area is 86.0 Å². The molecule has 0 aliphatic rings. The van der Waals surface area contributed by atoms with Gasteiger partial charge in [-0.3, -0.25) is 4.79 Å². The molecule has 1 aromatic heterocycles. The zero-order valence-corrected chi connectivity index (χ0v) is 8.30. The molecule has 0 saturated heterocycles. The number of aryl methyl sites for hydroxylation is 1. The van der Waals surface area contributed by atoms with E-state index < -0.39 is 5.91 Å². The molecule has 0 radical (unpaired) electrons. The average Bonchev–Trinajstić information content (AvgIpc) is 2.19. The van der Waals surface area contributed by atoms with Crippen LogP contribution < -0.4 is 5.43 Å². The molecule has 0 saturated carbocycles. The molecular formula is C8H9ClN4O. The van der Waals surface area contributed by atoms with Gasteiger partial charge in [0.15, 0.2) is 0 Å². The SMILES string of the molecule is CCc1cnc(Cl)c(C(=O)NN=N)c1. The van der Waals surface area contributed by atoms with Crippen molar-refractivity contribution in [1.29, 1.82) is 5.53 Å². The van der Waals surface area contributed by atoms with Crippen molar-refractivity contribution in [1.82, 2.24) is 10.4 Å². The Morgan fingerprint density at radius 2 is 2.50 bits per heavy atom. The summed E-state index contributed by atoms with van der Waals surface area (Å²) in [6, 6.07) is 1.63. The third kappa shape index (κ3) is 2.26. The van der Waals surface area contributed by atoms with Crippen LogP contribution in [-0.4, -0.2) is 10.9 Å². The Kier molecular flexibility index (Phi) is 3.53. The normalized spacial score (nSPS) is 9.57. The van der Waals surface area contributed by atoms with Gasteiger partial charge in [0.05, 0.1) is 5.56 Å². The van der Waals surface area contributed by atoms with Crippen molar-refractivity contribution in [2.24, 2.45) is 5.22 Å². The third-order valence-corrected chi connectivity index (χ3v) is 2.01. The van der Waals surface area contributed by atoms with E-state index in [0.717, 1.165) is 12.0 Å². The number of nitrogens with zero attached hydrogens (tertiary/aromatic N) is 2. The maximum Gasteiger partial charge on any atom is 0.275 e. The van der Waals surface area contributed by atoms with Crippen LogP contribution in [0.3, 0.4) is 0 Å². The number of nitrogens with one attached hydrogen (secondary N) is 2. The van der Waals surface area contributed by atoms with Gasteiger partial charge in [-0.1, -0.05) is 23.7 Å². The quantitative estimate of drug-likeness (QED) is 0.457. The molecular weight excluding hydrogens is 204 g/mol. The lowest BCUT2D eigenvalue weighted by Crippen LogP contribution is -2.17. The lowest BCUT2D eigenvalue weighted by Gasteiger charge is -2.02. The van der Waals surface area contributed by atoms with Crippen LogP contribution >= 0.6 is 11.6 Å². The smallest absolute Gasteiger partial charge is 0.267 e. The fourth-order valence-corrected chi connectivity index (χ4v) is 1.14. The number of rotatable bonds is 3. The highest BCUT2D eigenvalue weighted by Crippen LogP contribution is 2.14. The molecule has 0 aliphatic carbocycles. The predicted octanol–water partition coefficient (Wildman–Crippen LogP) is 1.97. The van der Waals surface area contributed by atoms with Crippen LogP contribution in [-0.2, 0) is 6.42 Å². The number of hydrogen-bond donors (Lipinski definition) is 2.